The molecule has 1 N–H and O–H groups in total. The molecular weight excluding hydrogens is 290 g/mol. The fourth-order valence-electron chi connectivity index (χ4n) is 2.97. The first-order valence-corrected chi connectivity index (χ1v) is 8.20. The van der Waals surface area contributed by atoms with Crippen LogP contribution in [-0.2, 0) is 4.74 Å². The van der Waals surface area contributed by atoms with E-state index in [9.17, 15) is 4.79 Å². The second-order valence-corrected chi connectivity index (χ2v) is 6.03. The lowest BCUT2D eigenvalue weighted by Gasteiger charge is -2.19. The number of ether oxygens (including phenoxy) is 1. The van der Waals surface area contributed by atoms with Crippen LogP contribution in [0.1, 0.15) is 25.7 Å². The minimum absolute atomic E-state index is 0.0818. The zero-order valence-corrected chi connectivity index (χ0v) is 13.5. The highest BCUT2D eigenvalue weighted by Gasteiger charge is 2.16. The van der Waals surface area contributed by atoms with Gasteiger partial charge in [-0.05, 0) is 37.8 Å². The third-order valence-corrected chi connectivity index (χ3v) is 4.31. The molecule has 0 spiro atoms. The molecule has 2 aromatic rings. The Bertz CT molecular complexity index is 663. The molecule has 1 aromatic heterocycles. The van der Waals surface area contributed by atoms with Crippen LogP contribution in [0, 0.1) is 0 Å². The van der Waals surface area contributed by atoms with Crippen molar-refractivity contribution in [3.8, 4) is 0 Å². The minimum Gasteiger partial charge on any atom is -0.378 e. The maximum atomic E-state index is 12.4. The Balaban J connectivity index is 1.54. The molecular formula is C18H23N3O2. The average Bonchev–Trinajstić information content (AvgIpc) is 3.08. The monoisotopic (exact) mass is 313 g/mol. The minimum atomic E-state index is -0.0818. The van der Waals surface area contributed by atoms with E-state index in [1.807, 2.05) is 31.3 Å². The maximum absolute atomic E-state index is 12.4. The number of pyridine rings is 1. The number of urea groups is 1. The number of nitrogens with zero attached hydrogens (tertiary/aromatic N) is 2. The van der Waals surface area contributed by atoms with Crippen molar-refractivity contribution in [2.24, 2.45) is 0 Å². The first-order valence-electron chi connectivity index (χ1n) is 8.20. The van der Waals surface area contributed by atoms with E-state index in [2.05, 4.69) is 10.3 Å². The first kappa shape index (κ1) is 15.7. The second kappa shape index (κ2) is 7.42. The molecule has 0 radical (unpaired) electrons. The van der Waals surface area contributed by atoms with E-state index in [1.165, 1.54) is 0 Å². The lowest BCUT2D eigenvalue weighted by Crippen LogP contribution is -2.32. The van der Waals surface area contributed by atoms with Gasteiger partial charge >= 0.3 is 6.03 Å². The molecule has 1 aliphatic heterocycles. The van der Waals surface area contributed by atoms with Gasteiger partial charge in [-0.3, -0.25) is 4.98 Å². The molecule has 1 saturated heterocycles. The van der Waals surface area contributed by atoms with Crippen molar-refractivity contribution < 1.29 is 9.53 Å². The molecule has 5 heteroatoms. The molecule has 122 valence electrons. The van der Waals surface area contributed by atoms with Gasteiger partial charge in [0.25, 0.3) is 0 Å². The van der Waals surface area contributed by atoms with Gasteiger partial charge in [0.05, 0.1) is 11.8 Å². The van der Waals surface area contributed by atoms with Gasteiger partial charge in [0, 0.05) is 43.4 Å². The molecule has 0 bridgehead atoms. The molecule has 1 aliphatic rings. The lowest BCUT2D eigenvalue weighted by atomic mass is 10.1. The molecule has 0 aliphatic carbocycles. The number of amides is 2. The quantitative estimate of drug-likeness (QED) is 0.916. The fourth-order valence-corrected chi connectivity index (χ4v) is 2.97. The Morgan fingerprint density at radius 2 is 2.35 bits per heavy atom. The number of nitrogens with one attached hydrogen (secondary N) is 1. The zero-order valence-electron chi connectivity index (χ0n) is 13.5. The van der Waals surface area contributed by atoms with Gasteiger partial charge in [-0.25, -0.2) is 4.79 Å². The summed E-state index contributed by atoms with van der Waals surface area (Å²) in [4.78, 5) is 18.2. The molecule has 23 heavy (non-hydrogen) atoms. The summed E-state index contributed by atoms with van der Waals surface area (Å²) >= 11 is 0. The van der Waals surface area contributed by atoms with Crippen molar-refractivity contribution >= 4 is 22.5 Å². The number of hydrogen-bond donors (Lipinski definition) is 1. The summed E-state index contributed by atoms with van der Waals surface area (Å²) in [7, 11) is 1.83. The van der Waals surface area contributed by atoms with Crippen LogP contribution in [0.15, 0.2) is 36.7 Å². The summed E-state index contributed by atoms with van der Waals surface area (Å²) in [6, 6.07) is 7.67. The zero-order chi connectivity index (χ0) is 16.1. The number of carbonyl (C=O) groups excluding carboxylic acids is 1. The molecule has 2 amide bonds. The van der Waals surface area contributed by atoms with Crippen LogP contribution in [0.25, 0.3) is 10.8 Å². The van der Waals surface area contributed by atoms with E-state index >= 15 is 0 Å². The molecule has 2 heterocycles. The van der Waals surface area contributed by atoms with Gasteiger partial charge in [-0.15, -0.1) is 0 Å². The lowest BCUT2D eigenvalue weighted by molar-refractivity contribution is 0.101. The van der Waals surface area contributed by atoms with Gasteiger partial charge in [0.15, 0.2) is 0 Å². The van der Waals surface area contributed by atoms with Gasteiger partial charge < -0.3 is 15.0 Å². The number of anilines is 1. The summed E-state index contributed by atoms with van der Waals surface area (Å²) in [5.74, 6) is 0. The van der Waals surface area contributed by atoms with Gasteiger partial charge in [-0.2, -0.15) is 0 Å². The van der Waals surface area contributed by atoms with Gasteiger partial charge in [0.1, 0.15) is 0 Å². The summed E-state index contributed by atoms with van der Waals surface area (Å²) in [5.41, 5.74) is 0.820. The van der Waals surface area contributed by atoms with E-state index in [0.29, 0.717) is 6.10 Å². The highest BCUT2D eigenvalue weighted by molar-refractivity contribution is 6.01. The third-order valence-electron chi connectivity index (χ3n) is 4.31. The molecule has 0 saturated carbocycles. The Labute approximate surface area is 136 Å². The van der Waals surface area contributed by atoms with E-state index in [4.69, 9.17) is 4.74 Å². The van der Waals surface area contributed by atoms with Crippen molar-refractivity contribution in [2.45, 2.75) is 31.8 Å². The molecule has 1 unspecified atom stereocenters. The molecule has 1 aromatic carbocycles. The SMILES string of the molecule is CN(CCCC1CCCO1)C(=O)Nc1cccc2cnccc12. The normalized spacial score (nSPS) is 17.3. The van der Waals surface area contributed by atoms with Crippen molar-refractivity contribution in [1.29, 1.82) is 0 Å². The Hall–Kier alpha value is -2.14. The van der Waals surface area contributed by atoms with Crippen LogP contribution >= 0.6 is 0 Å². The number of rotatable bonds is 5. The molecule has 5 nitrogen and oxygen atoms in total. The van der Waals surface area contributed by atoms with E-state index in [1.54, 1.807) is 17.3 Å². The number of hydrogen-bond acceptors (Lipinski definition) is 3. The second-order valence-electron chi connectivity index (χ2n) is 6.03. The van der Waals surface area contributed by atoms with Gasteiger partial charge in [-0.1, -0.05) is 12.1 Å². The van der Waals surface area contributed by atoms with E-state index < -0.39 is 0 Å². The third kappa shape index (κ3) is 3.99. The number of fused-ring (bicyclic) bond motifs is 1. The van der Waals surface area contributed by atoms with Crippen molar-refractivity contribution in [3.05, 3.63) is 36.7 Å². The first-order chi connectivity index (χ1) is 11.2. The smallest absolute Gasteiger partial charge is 0.321 e. The van der Waals surface area contributed by atoms with Crippen molar-refractivity contribution in [1.82, 2.24) is 9.88 Å². The number of carbonyl (C=O) groups is 1. The Morgan fingerprint density at radius 1 is 1.43 bits per heavy atom. The van der Waals surface area contributed by atoms with Crippen LogP contribution < -0.4 is 5.32 Å². The maximum Gasteiger partial charge on any atom is 0.321 e. The summed E-state index contributed by atoms with van der Waals surface area (Å²) < 4.78 is 5.61. The average molecular weight is 313 g/mol. The van der Waals surface area contributed by atoms with Crippen molar-refractivity contribution in [2.75, 3.05) is 25.5 Å². The largest absolute Gasteiger partial charge is 0.378 e. The van der Waals surface area contributed by atoms with E-state index in [-0.39, 0.29) is 6.03 Å². The predicted octanol–water partition coefficient (Wildman–Crippen LogP) is 3.66. The molecule has 1 fully saturated rings. The number of aromatic nitrogens is 1. The van der Waals surface area contributed by atoms with Crippen LogP contribution in [0.2, 0.25) is 0 Å². The summed E-state index contributed by atoms with van der Waals surface area (Å²) in [6.07, 6.45) is 8.24. The van der Waals surface area contributed by atoms with Crippen LogP contribution in [0.3, 0.4) is 0 Å². The summed E-state index contributed by atoms with van der Waals surface area (Å²) in [5, 5.41) is 5.01. The highest BCUT2D eigenvalue weighted by Crippen LogP contribution is 2.22. The predicted molar refractivity (Wildman–Crippen MR) is 91.6 cm³/mol. The van der Waals surface area contributed by atoms with Gasteiger partial charge in [0.2, 0.25) is 0 Å². The number of benzene rings is 1. The van der Waals surface area contributed by atoms with Crippen molar-refractivity contribution in [3.63, 3.8) is 0 Å². The van der Waals surface area contributed by atoms with E-state index in [0.717, 1.165) is 55.3 Å². The standard InChI is InChI=1S/C18H23N3O2/c1-21(11-3-6-15-7-4-12-23-15)18(22)20-17-8-2-5-14-13-19-10-9-16(14)17/h2,5,8-10,13,15H,3-4,6-7,11-12H2,1H3,(H,20,22). The highest BCUT2D eigenvalue weighted by atomic mass is 16.5. The topological polar surface area (TPSA) is 54.5 Å². The molecule has 3 rings (SSSR count). The van der Waals surface area contributed by atoms with Crippen LogP contribution in [0.4, 0.5) is 10.5 Å². The molecule has 1 atom stereocenters. The summed E-state index contributed by atoms with van der Waals surface area (Å²) in [6.45, 7) is 1.62. The Kier molecular flexibility index (Phi) is 5.08. The fraction of sp³-hybridized carbons (Fsp3) is 0.444. The Morgan fingerprint density at radius 3 is 3.17 bits per heavy atom. The van der Waals surface area contributed by atoms with Crippen LogP contribution in [-0.4, -0.2) is 42.2 Å². The van der Waals surface area contributed by atoms with Crippen LogP contribution in [0.5, 0.6) is 0 Å².